The molecule has 2 aromatic carbocycles. The van der Waals surface area contributed by atoms with Gasteiger partial charge in [-0.25, -0.2) is 0 Å². The first-order valence-corrected chi connectivity index (χ1v) is 7.10. The topological polar surface area (TPSA) is 43.2 Å². The quantitative estimate of drug-likeness (QED) is 0.597. The van der Waals surface area contributed by atoms with Crippen LogP contribution in [0.1, 0.15) is 30.5 Å². The minimum absolute atomic E-state index is 0.386. The van der Waals surface area contributed by atoms with E-state index in [-0.39, 0.29) is 0 Å². The van der Waals surface area contributed by atoms with E-state index in [1.807, 2.05) is 68.4 Å². The van der Waals surface area contributed by atoms with Crippen molar-refractivity contribution in [2.45, 2.75) is 20.5 Å². The van der Waals surface area contributed by atoms with E-state index in [0.29, 0.717) is 6.61 Å². The third-order valence-corrected chi connectivity index (χ3v) is 3.25. The number of rotatable bonds is 6. The molecule has 0 aliphatic heterocycles. The second kappa shape index (κ2) is 7.98. The fourth-order valence-corrected chi connectivity index (χ4v) is 2.12. The monoisotopic (exact) mass is 296 g/mol. The molecule has 4 heteroatoms. The van der Waals surface area contributed by atoms with Crippen molar-refractivity contribution in [1.29, 1.82) is 0 Å². The van der Waals surface area contributed by atoms with Crippen LogP contribution in [0, 0.1) is 0 Å². The van der Waals surface area contributed by atoms with E-state index in [1.165, 1.54) is 7.11 Å². The standard InChI is InChI=1S/C18H20N2O2/c1-14(16-9-5-4-6-10-16)20-22-13-17-11-7-8-12-18(17)15(2)19-21-3/h4-12H,13H2,1-3H3/b19-15-,20-14+. The molecule has 0 atom stereocenters. The molecule has 0 aromatic heterocycles. The number of hydrogen-bond donors (Lipinski definition) is 0. The summed E-state index contributed by atoms with van der Waals surface area (Å²) in [6.45, 7) is 4.22. The zero-order valence-corrected chi connectivity index (χ0v) is 13.1. The zero-order chi connectivity index (χ0) is 15.8. The Bertz CT molecular complexity index is 664. The predicted octanol–water partition coefficient (Wildman–Crippen LogP) is 4.00. The van der Waals surface area contributed by atoms with Gasteiger partial charge >= 0.3 is 0 Å². The summed E-state index contributed by atoms with van der Waals surface area (Å²) in [6.07, 6.45) is 0. The molecule has 0 saturated carbocycles. The predicted molar refractivity (Wildman–Crippen MR) is 89.1 cm³/mol. The number of nitrogens with zero attached hydrogens (tertiary/aromatic N) is 2. The average Bonchev–Trinajstić information content (AvgIpc) is 2.56. The van der Waals surface area contributed by atoms with Gasteiger partial charge in [0.1, 0.15) is 13.7 Å². The highest BCUT2D eigenvalue weighted by Crippen LogP contribution is 2.12. The molecular formula is C18H20N2O2. The molecule has 0 heterocycles. The maximum absolute atomic E-state index is 5.50. The van der Waals surface area contributed by atoms with Crippen LogP contribution in [0.3, 0.4) is 0 Å². The molecule has 0 spiro atoms. The van der Waals surface area contributed by atoms with Crippen molar-refractivity contribution in [3.63, 3.8) is 0 Å². The van der Waals surface area contributed by atoms with Gasteiger partial charge in [-0.05, 0) is 19.4 Å². The van der Waals surface area contributed by atoms with Crippen molar-refractivity contribution in [1.82, 2.24) is 0 Å². The van der Waals surface area contributed by atoms with Gasteiger partial charge in [0.15, 0.2) is 0 Å². The van der Waals surface area contributed by atoms with Crippen molar-refractivity contribution >= 4 is 11.4 Å². The summed E-state index contributed by atoms with van der Waals surface area (Å²) >= 11 is 0. The number of benzene rings is 2. The molecule has 0 fully saturated rings. The Morgan fingerprint density at radius 2 is 1.55 bits per heavy atom. The molecule has 22 heavy (non-hydrogen) atoms. The lowest BCUT2D eigenvalue weighted by molar-refractivity contribution is 0.130. The van der Waals surface area contributed by atoms with Gasteiger partial charge in [0.25, 0.3) is 0 Å². The summed E-state index contributed by atoms with van der Waals surface area (Å²) in [6, 6.07) is 17.9. The summed E-state index contributed by atoms with van der Waals surface area (Å²) < 4.78 is 0. The van der Waals surface area contributed by atoms with Gasteiger partial charge in [0, 0.05) is 11.1 Å². The Balaban J connectivity index is 2.08. The van der Waals surface area contributed by atoms with Crippen LogP contribution in [0.4, 0.5) is 0 Å². The van der Waals surface area contributed by atoms with Gasteiger partial charge in [-0.2, -0.15) is 0 Å². The van der Waals surface area contributed by atoms with Gasteiger partial charge in [0.05, 0.1) is 11.4 Å². The Morgan fingerprint density at radius 1 is 0.864 bits per heavy atom. The molecule has 0 saturated heterocycles. The maximum Gasteiger partial charge on any atom is 0.142 e. The summed E-state index contributed by atoms with van der Waals surface area (Å²) in [5, 5.41) is 8.15. The second-order valence-corrected chi connectivity index (χ2v) is 4.83. The lowest BCUT2D eigenvalue weighted by Crippen LogP contribution is -2.03. The van der Waals surface area contributed by atoms with E-state index in [2.05, 4.69) is 10.3 Å². The minimum Gasteiger partial charge on any atom is -0.399 e. The molecular weight excluding hydrogens is 276 g/mol. The Morgan fingerprint density at radius 3 is 2.27 bits per heavy atom. The van der Waals surface area contributed by atoms with Crippen molar-refractivity contribution in [2.24, 2.45) is 10.3 Å². The molecule has 0 bridgehead atoms. The van der Waals surface area contributed by atoms with E-state index in [4.69, 9.17) is 9.68 Å². The van der Waals surface area contributed by atoms with Crippen molar-refractivity contribution in [3.05, 3.63) is 71.3 Å². The first kappa shape index (κ1) is 15.8. The van der Waals surface area contributed by atoms with Crippen LogP contribution in [-0.2, 0) is 16.3 Å². The van der Waals surface area contributed by atoms with Crippen molar-refractivity contribution in [3.8, 4) is 0 Å². The van der Waals surface area contributed by atoms with E-state index in [0.717, 1.165) is 28.1 Å². The Labute approximate surface area is 131 Å². The van der Waals surface area contributed by atoms with Crippen LogP contribution in [0.2, 0.25) is 0 Å². The Kier molecular flexibility index (Phi) is 5.72. The van der Waals surface area contributed by atoms with Crippen molar-refractivity contribution < 1.29 is 9.68 Å². The highest BCUT2D eigenvalue weighted by atomic mass is 16.6. The van der Waals surface area contributed by atoms with Gasteiger partial charge < -0.3 is 9.68 Å². The SMILES string of the molecule is CO/N=C(/C)c1ccccc1CO/N=C(\C)c1ccccc1. The third kappa shape index (κ3) is 4.19. The lowest BCUT2D eigenvalue weighted by atomic mass is 10.0. The molecule has 0 aliphatic carbocycles. The van der Waals surface area contributed by atoms with Crippen LogP contribution in [-0.4, -0.2) is 18.5 Å². The summed E-state index contributed by atoms with van der Waals surface area (Å²) in [5.74, 6) is 0. The van der Waals surface area contributed by atoms with Crippen LogP contribution < -0.4 is 0 Å². The van der Waals surface area contributed by atoms with Crippen LogP contribution >= 0.6 is 0 Å². The third-order valence-electron chi connectivity index (χ3n) is 3.25. The van der Waals surface area contributed by atoms with Crippen LogP contribution in [0.15, 0.2) is 64.9 Å². The largest absolute Gasteiger partial charge is 0.399 e. The van der Waals surface area contributed by atoms with E-state index in [1.54, 1.807) is 0 Å². The first-order valence-electron chi connectivity index (χ1n) is 7.10. The van der Waals surface area contributed by atoms with Gasteiger partial charge in [-0.3, -0.25) is 0 Å². The molecule has 4 nitrogen and oxygen atoms in total. The molecule has 0 radical (unpaired) electrons. The smallest absolute Gasteiger partial charge is 0.142 e. The molecule has 0 aliphatic rings. The zero-order valence-electron chi connectivity index (χ0n) is 13.1. The normalized spacial score (nSPS) is 12.1. The Hall–Kier alpha value is -2.62. The van der Waals surface area contributed by atoms with E-state index in [9.17, 15) is 0 Å². The van der Waals surface area contributed by atoms with Crippen molar-refractivity contribution in [2.75, 3.05) is 7.11 Å². The lowest BCUT2D eigenvalue weighted by Gasteiger charge is -2.08. The fraction of sp³-hybridized carbons (Fsp3) is 0.222. The first-order chi connectivity index (χ1) is 10.7. The molecule has 2 aromatic rings. The molecule has 0 unspecified atom stereocenters. The van der Waals surface area contributed by atoms with Crippen LogP contribution in [0.25, 0.3) is 0 Å². The second-order valence-electron chi connectivity index (χ2n) is 4.83. The molecule has 114 valence electrons. The molecule has 0 amide bonds. The van der Waals surface area contributed by atoms with Crippen LogP contribution in [0.5, 0.6) is 0 Å². The van der Waals surface area contributed by atoms with Gasteiger partial charge in [-0.15, -0.1) is 0 Å². The summed E-state index contributed by atoms with van der Waals surface area (Å²) in [4.78, 5) is 10.3. The fourth-order valence-electron chi connectivity index (χ4n) is 2.12. The molecule has 2 rings (SSSR count). The van der Waals surface area contributed by atoms with Gasteiger partial charge in [-0.1, -0.05) is 64.9 Å². The highest BCUT2D eigenvalue weighted by molar-refractivity contribution is 5.99. The number of hydrogen-bond acceptors (Lipinski definition) is 4. The van der Waals surface area contributed by atoms with E-state index < -0.39 is 0 Å². The average molecular weight is 296 g/mol. The highest BCUT2D eigenvalue weighted by Gasteiger charge is 2.06. The molecule has 0 N–H and O–H groups in total. The maximum atomic E-state index is 5.50. The minimum atomic E-state index is 0.386. The number of oxime groups is 2. The van der Waals surface area contributed by atoms with Gasteiger partial charge in [0.2, 0.25) is 0 Å². The van der Waals surface area contributed by atoms with E-state index >= 15 is 0 Å². The summed E-state index contributed by atoms with van der Waals surface area (Å²) in [5.41, 5.74) is 4.72. The summed E-state index contributed by atoms with van der Waals surface area (Å²) in [7, 11) is 1.54.